The number of methoxy groups -OCH3 is 2. The van der Waals surface area contributed by atoms with Crippen LogP contribution in [0.3, 0.4) is 0 Å². The lowest BCUT2D eigenvalue weighted by Crippen LogP contribution is -2.49. The maximum absolute atomic E-state index is 13.2. The topological polar surface area (TPSA) is 71.1 Å². The minimum Gasteiger partial charge on any atom is -0.493 e. The summed E-state index contributed by atoms with van der Waals surface area (Å²) in [5.41, 5.74) is 4.05. The highest BCUT2D eigenvalue weighted by molar-refractivity contribution is 6.05. The Labute approximate surface area is 199 Å². The molecule has 176 valence electrons. The lowest BCUT2D eigenvalue weighted by Gasteiger charge is -2.36. The summed E-state index contributed by atoms with van der Waals surface area (Å²) >= 11 is 0. The third-order valence-corrected chi connectivity index (χ3v) is 5.83. The zero-order valence-electron chi connectivity index (χ0n) is 19.7. The molecule has 4 rings (SSSR count). The Balaban J connectivity index is 1.49. The van der Waals surface area contributed by atoms with Crippen LogP contribution in [0.2, 0.25) is 0 Å². The number of carbonyl (C=O) groups is 2. The Morgan fingerprint density at radius 1 is 0.941 bits per heavy atom. The second-order valence-electron chi connectivity index (χ2n) is 8.27. The van der Waals surface area contributed by atoms with Gasteiger partial charge >= 0.3 is 6.03 Å². The molecule has 0 saturated carbocycles. The van der Waals surface area contributed by atoms with Crippen LogP contribution in [0.1, 0.15) is 27.9 Å². The van der Waals surface area contributed by atoms with Gasteiger partial charge in [-0.3, -0.25) is 9.69 Å². The maximum atomic E-state index is 13.2. The predicted molar refractivity (Wildman–Crippen MR) is 133 cm³/mol. The standard InChI is InChI=1S/C27H29N3O4/c1-19-7-4-8-20(15-19)18-29-13-6-14-30(27(29)32)23-10-5-9-21(16-23)26(31)28-22-11-12-24(33-2)25(17-22)34-3/h4-5,7-12,15-17H,6,13-14,18H2,1-3H3,(H,28,31). The van der Waals surface area contributed by atoms with Gasteiger partial charge in [0.2, 0.25) is 0 Å². The van der Waals surface area contributed by atoms with Crippen molar-refractivity contribution in [1.82, 2.24) is 4.90 Å². The molecular formula is C27H29N3O4. The van der Waals surface area contributed by atoms with Crippen molar-refractivity contribution in [3.05, 3.63) is 83.4 Å². The van der Waals surface area contributed by atoms with Gasteiger partial charge in [0.05, 0.1) is 14.2 Å². The van der Waals surface area contributed by atoms with E-state index < -0.39 is 0 Å². The van der Waals surface area contributed by atoms with Gasteiger partial charge in [-0.1, -0.05) is 35.9 Å². The molecule has 1 aliphatic rings. The third kappa shape index (κ3) is 5.14. The van der Waals surface area contributed by atoms with Crippen molar-refractivity contribution in [1.29, 1.82) is 0 Å². The van der Waals surface area contributed by atoms with Crippen molar-refractivity contribution in [2.75, 3.05) is 37.5 Å². The molecule has 3 aromatic carbocycles. The molecule has 1 N–H and O–H groups in total. The van der Waals surface area contributed by atoms with E-state index in [2.05, 4.69) is 11.4 Å². The third-order valence-electron chi connectivity index (χ3n) is 5.83. The molecule has 0 unspecified atom stereocenters. The predicted octanol–water partition coefficient (Wildman–Crippen LogP) is 5.10. The molecule has 1 saturated heterocycles. The van der Waals surface area contributed by atoms with Crippen LogP contribution >= 0.6 is 0 Å². The molecule has 0 bridgehead atoms. The van der Waals surface area contributed by atoms with Crippen LogP contribution in [0.4, 0.5) is 16.2 Å². The van der Waals surface area contributed by atoms with Crippen molar-refractivity contribution < 1.29 is 19.1 Å². The Kier molecular flexibility index (Phi) is 7.01. The van der Waals surface area contributed by atoms with Crippen LogP contribution in [0.15, 0.2) is 66.7 Å². The summed E-state index contributed by atoms with van der Waals surface area (Å²) in [4.78, 5) is 29.8. The first-order valence-corrected chi connectivity index (χ1v) is 11.2. The molecule has 0 radical (unpaired) electrons. The number of carbonyl (C=O) groups excluding carboxylic acids is 2. The lowest BCUT2D eigenvalue weighted by atomic mass is 10.1. The average molecular weight is 460 g/mol. The van der Waals surface area contributed by atoms with E-state index in [9.17, 15) is 9.59 Å². The molecule has 1 aliphatic heterocycles. The van der Waals surface area contributed by atoms with E-state index >= 15 is 0 Å². The number of hydrogen-bond donors (Lipinski definition) is 1. The fourth-order valence-corrected chi connectivity index (χ4v) is 4.13. The van der Waals surface area contributed by atoms with E-state index in [0.717, 1.165) is 12.0 Å². The van der Waals surface area contributed by atoms with Gasteiger partial charge in [0.1, 0.15) is 0 Å². The van der Waals surface area contributed by atoms with Crippen LogP contribution in [-0.4, -0.2) is 44.1 Å². The first-order valence-electron chi connectivity index (χ1n) is 11.2. The SMILES string of the molecule is COc1ccc(NC(=O)c2cccc(N3CCCN(Cc4cccc(C)c4)C3=O)c2)cc1OC. The van der Waals surface area contributed by atoms with Crippen LogP contribution in [-0.2, 0) is 6.54 Å². The van der Waals surface area contributed by atoms with E-state index in [1.165, 1.54) is 5.56 Å². The van der Waals surface area contributed by atoms with E-state index in [1.54, 1.807) is 55.5 Å². The van der Waals surface area contributed by atoms with Gasteiger partial charge in [-0.15, -0.1) is 0 Å². The van der Waals surface area contributed by atoms with Crippen molar-refractivity contribution >= 4 is 23.3 Å². The fraction of sp³-hybridized carbons (Fsp3) is 0.259. The van der Waals surface area contributed by atoms with Gasteiger partial charge in [-0.2, -0.15) is 0 Å². The Hall–Kier alpha value is -4.00. The Morgan fingerprint density at radius 3 is 2.50 bits per heavy atom. The minimum atomic E-state index is -0.268. The van der Waals surface area contributed by atoms with Gasteiger partial charge in [0.15, 0.2) is 11.5 Å². The van der Waals surface area contributed by atoms with Crippen LogP contribution < -0.4 is 19.7 Å². The van der Waals surface area contributed by atoms with Crippen molar-refractivity contribution in [3.63, 3.8) is 0 Å². The number of aryl methyl sites for hydroxylation is 1. The molecule has 7 nitrogen and oxygen atoms in total. The summed E-state index contributed by atoms with van der Waals surface area (Å²) in [5, 5.41) is 2.88. The molecular weight excluding hydrogens is 430 g/mol. The van der Waals surface area contributed by atoms with Crippen LogP contribution in [0.25, 0.3) is 0 Å². The highest BCUT2D eigenvalue weighted by Crippen LogP contribution is 2.30. The largest absolute Gasteiger partial charge is 0.493 e. The van der Waals surface area contributed by atoms with Crippen molar-refractivity contribution in [2.24, 2.45) is 0 Å². The number of amides is 3. The van der Waals surface area contributed by atoms with Gasteiger partial charge in [0, 0.05) is 42.6 Å². The molecule has 34 heavy (non-hydrogen) atoms. The van der Waals surface area contributed by atoms with Gasteiger partial charge in [-0.25, -0.2) is 4.79 Å². The quantitative estimate of drug-likeness (QED) is 0.534. The number of ether oxygens (including phenoxy) is 2. The lowest BCUT2D eigenvalue weighted by molar-refractivity contribution is 0.102. The smallest absolute Gasteiger partial charge is 0.324 e. The molecule has 7 heteroatoms. The van der Waals surface area contributed by atoms with E-state index in [-0.39, 0.29) is 11.9 Å². The summed E-state index contributed by atoms with van der Waals surface area (Å²) in [6, 6.07) is 20.5. The minimum absolute atomic E-state index is 0.0507. The van der Waals surface area contributed by atoms with E-state index in [0.29, 0.717) is 48.1 Å². The summed E-state index contributed by atoms with van der Waals surface area (Å²) in [5.74, 6) is 0.845. The molecule has 1 heterocycles. The fourth-order valence-electron chi connectivity index (χ4n) is 4.13. The van der Waals surface area contributed by atoms with E-state index in [4.69, 9.17) is 9.47 Å². The number of urea groups is 1. The Morgan fingerprint density at radius 2 is 1.74 bits per heavy atom. The number of rotatable bonds is 7. The second kappa shape index (κ2) is 10.3. The number of nitrogens with zero attached hydrogens (tertiary/aromatic N) is 2. The zero-order valence-corrected chi connectivity index (χ0v) is 19.7. The number of benzene rings is 3. The first kappa shape index (κ1) is 23.2. The van der Waals surface area contributed by atoms with E-state index in [1.807, 2.05) is 36.1 Å². The second-order valence-corrected chi connectivity index (χ2v) is 8.27. The normalized spacial score (nSPS) is 13.6. The molecule has 3 amide bonds. The molecule has 1 fully saturated rings. The van der Waals surface area contributed by atoms with Gasteiger partial charge in [0.25, 0.3) is 5.91 Å². The first-order chi connectivity index (χ1) is 16.5. The summed E-state index contributed by atoms with van der Waals surface area (Å²) in [6.45, 7) is 3.94. The highest BCUT2D eigenvalue weighted by Gasteiger charge is 2.27. The molecule has 0 atom stereocenters. The zero-order chi connectivity index (χ0) is 24.1. The summed E-state index contributed by atoms with van der Waals surface area (Å²) in [6.07, 6.45) is 0.861. The summed E-state index contributed by atoms with van der Waals surface area (Å²) < 4.78 is 10.6. The maximum Gasteiger partial charge on any atom is 0.324 e. The number of anilines is 2. The number of nitrogens with one attached hydrogen (secondary N) is 1. The highest BCUT2D eigenvalue weighted by atomic mass is 16.5. The van der Waals surface area contributed by atoms with Crippen LogP contribution in [0.5, 0.6) is 11.5 Å². The Bertz CT molecular complexity index is 1190. The monoisotopic (exact) mass is 459 g/mol. The van der Waals surface area contributed by atoms with Gasteiger partial charge in [-0.05, 0) is 49.2 Å². The van der Waals surface area contributed by atoms with Crippen molar-refractivity contribution in [3.8, 4) is 11.5 Å². The molecule has 3 aromatic rings. The molecule has 0 aliphatic carbocycles. The van der Waals surface area contributed by atoms with Crippen molar-refractivity contribution in [2.45, 2.75) is 19.9 Å². The van der Waals surface area contributed by atoms with Gasteiger partial charge < -0.3 is 19.7 Å². The molecule has 0 aromatic heterocycles. The van der Waals surface area contributed by atoms with Crippen LogP contribution in [0, 0.1) is 6.92 Å². The average Bonchev–Trinajstić information content (AvgIpc) is 2.85. The summed E-state index contributed by atoms with van der Waals surface area (Å²) in [7, 11) is 3.11. The number of hydrogen-bond acceptors (Lipinski definition) is 4. The molecule has 0 spiro atoms.